The SMILES string of the molecule is CCCNCCNC(=O)CC(NC(C)=O)c1ccc(Br)cc1.Cl. The van der Waals surface area contributed by atoms with E-state index in [0.29, 0.717) is 6.54 Å². The van der Waals surface area contributed by atoms with Gasteiger partial charge in [0.2, 0.25) is 11.8 Å². The Balaban J connectivity index is 0.00000484. The fourth-order valence-corrected chi connectivity index (χ4v) is 2.31. The Bertz CT molecular complexity index is 483. The van der Waals surface area contributed by atoms with Crippen molar-refractivity contribution in [1.29, 1.82) is 0 Å². The molecule has 0 fully saturated rings. The lowest BCUT2D eigenvalue weighted by Crippen LogP contribution is -2.35. The van der Waals surface area contributed by atoms with Crippen molar-refractivity contribution in [2.24, 2.45) is 0 Å². The Labute approximate surface area is 152 Å². The minimum absolute atomic E-state index is 0. The van der Waals surface area contributed by atoms with E-state index in [9.17, 15) is 9.59 Å². The van der Waals surface area contributed by atoms with E-state index in [1.165, 1.54) is 6.92 Å². The first-order valence-electron chi connectivity index (χ1n) is 7.53. The van der Waals surface area contributed by atoms with Crippen molar-refractivity contribution in [2.45, 2.75) is 32.7 Å². The number of hydrogen-bond acceptors (Lipinski definition) is 3. The average molecular weight is 407 g/mol. The molecular weight excluding hydrogens is 382 g/mol. The van der Waals surface area contributed by atoms with Gasteiger partial charge >= 0.3 is 0 Å². The molecule has 0 aliphatic rings. The molecule has 0 radical (unpaired) electrons. The van der Waals surface area contributed by atoms with Crippen LogP contribution < -0.4 is 16.0 Å². The highest BCUT2D eigenvalue weighted by molar-refractivity contribution is 9.10. The lowest BCUT2D eigenvalue weighted by Gasteiger charge is -2.18. The highest BCUT2D eigenvalue weighted by Crippen LogP contribution is 2.19. The number of hydrogen-bond donors (Lipinski definition) is 3. The average Bonchev–Trinajstić information content (AvgIpc) is 2.46. The predicted octanol–water partition coefficient (Wildman–Crippen LogP) is 2.55. The van der Waals surface area contributed by atoms with Crippen LogP contribution in [-0.2, 0) is 9.59 Å². The van der Waals surface area contributed by atoms with Crippen LogP contribution in [0.3, 0.4) is 0 Å². The Hall–Kier alpha value is -1.11. The summed E-state index contributed by atoms with van der Waals surface area (Å²) in [4.78, 5) is 23.4. The molecule has 2 amide bonds. The molecule has 0 aliphatic carbocycles. The van der Waals surface area contributed by atoms with Crippen molar-refractivity contribution >= 4 is 40.2 Å². The third kappa shape index (κ3) is 9.58. The fourth-order valence-electron chi connectivity index (χ4n) is 2.04. The van der Waals surface area contributed by atoms with Gasteiger partial charge in [-0.1, -0.05) is 35.0 Å². The second-order valence-corrected chi connectivity index (χ2v) is 6.02. The first kappa shape index (κ1) is 21.9. The summed E-state index contributed by atoms with van der Waals surface area (Å²) in [6.07, 6.45) is 1.30. The van der Waals surface area contributed by atoms with Crippen LogP contribution in [0.25, 0.3) is 0 Å². The molecule has 1 unspecified atom stereocenters. The van der Waals surface area contributed by atoms with Gasteiger partial charge in [-0.25, -0.2) is 0 Å². The molecule has 0 aromatic heterocycles. The normalized spacial score (nSPS) is 11.3. The third-order valence-corrected chi connectivity index (χ3v) is 3.62. The summed E-state index contributed by atoms with van der Waals surface area (Å²) in [5.74, 6) is -0.217. The van der Waals surface area contributed by atoms with Gasteiger partial charge < -0.3 is 16.0 Å². The Morgan fingerprint density at radius 2 is 1.78 bits per heavy atom. The number of amides is 2. The summed E-state index contributed by atoms with van der Waals surface area (Å²) < 4.78 is 0.962. The zero-order chi connectivity index (χ0) is 16.4. The van der Waals surface area contributed by atoms with E-state index < -0.39 is 0 Å². The summed E-state index contributed by atoms with van der Waals surface area (Å²) in [6, 6.07) is 7.30. The number of benzene rings is 1. The van der Waals surface area contributed by atoms with E-state index in [0.717, 1.165) is 29.5 Å². The highest BCUT2D eigenvalue weighted by Gasteiger charge is 2.16. The van der Waals surface area contributed by atoms with E-state index in [-0.39, 0.29) is 36.7 Å². The van der Waals surface area contributed by atoms with E-state index >= 15 is 0 Å². The fraction of sp³-hybridized carbons (Fsp3) is 0.500. The number of carbonyl (C=O) groups excluding carboxylic acids is 2. The molecule has 0 saturated heterocycles. The number of carbonyl (C=O) groups is 2. The maximum absolute atomic E-state index is 12.0. The summed E-state index contributed by atoms with van der Waals surface area (Å²) in [5.41, 5.74) is 0.914. The first-order valence-corrected chi connectivity index (χ1v) is 8.32. The topological polar surface area (TPSA) is 70.2 Å². The lowest BCUT2D eigenvalue weighted by molar-refractivity contribution is -0.122. The van der Waals surface area contributed by atoms with E-state index in [1.807, 2.05) is 24.3 Å². The summed E-state index contributed by atoms with van der Waals surface area (Å²) in [6.45, 7) is 5.85. The molecule has 130 valence electrons. The van der Waals surface area contributed by atoms with Gasteiger partial charge in [0.15, 0.2) is 0 Å². The number of rotatable bonds is 9. The van der Waals surface area contributed by atoms with E-state index in [4.69, 9.17) is 0 Å². The Morgan fingerprint density at radius 1 is 1.13 bits per heavy atom. The van der Waals surface area contributed by atoms with E-state index in [2.05, 4.69) is 38.8 Å². The highest BCUT2D eigenvalue weighted by atomic mass is 79.9. The molecule has 1 atom stereocenters. The molecule has 0 aliphatic heterocycles. The summed E-state index contributed by atoms with van der Waals surface area (Å²) in [7, 11) is 0. The molecule has 1 aromatic carbocycles. The smallest absolute Gasteiger partial charge is 0.222 e. The van der Waals surface area contributed by atoms with Gasteiger partial charge in [-0.05, 0) is 30.7 Å². The van der Waals surface area contributed by atoms with Gasteiger partial charge in [0.25, 0.3) is 0 Å². The molecule has 1 aromatic rings. The standard InChI is InChI=1S/C16H24BrN3O2.ClH/c1-3-8-18-9-10-19-16(22)11-15(20-12(2)21)13-4-6-14(17)7-5-13;/h4-7,15,18H,3,8-11H2,1-2H3,(H,19,22)(H,20,21);1H. The molecule has 0 bridgehead atoms. The van der Waals surface area contributed by atoms with Crippen LogP contribution in [0.4, 0.5) is 0 Å². The van der Waals surface area contributed by atoms with Gasteiger partial charge in [0.05, 0.1) is 12.5 Å². The minimum Gasteiger partial charge on any atom is -0.355 e. The molecule has 3 N–H and O–H groups in total. The molecule has 7 heteroatoms. The summed E-state index contributed by atoms with van der Waals surface area (Å²) >= 11 is 3.38. The zero-order valence-electron chi connectivity index (χ0n) is 13.5. The molecule has 0 spiro atoms. The van der Waals surface area contributed by atoms with Crippen LogP contribution in [0, 0.1) is 0 Å². The lowest BCUT2D eigenvalue weighted by atomic mass is 10.0. The van der Waals surface area contributed by atoms with Crippen molar-refractivity contribution in [2.75, 3.05) is 19.6 Å². The predicted molar refractivity (Wildman–Crippen MR) is 98.7 cm³/mol. The number of halogens is 2. The van der Waals surface area contributed by atoms with Gasteiger partial charge in [-0.3, -0.25) is 9.59 Å². The van der Waals surface area contributed by atoms with Crippen molar-refractivity contribution in [1.82, 2.24) is 16.0 Å². The van der Waals surface area contributed by atoms with Crippen LogP contribution in [0.2, 0.25) is 0 Å². The molecule has 5 nitrogen and oxygen atoms in total. The van der Waals surface area contributed by atoms with Crippen LogP contribution in [0.1, 0.15) is 38.3 Å². The zero-order valence-corrected chi connectivity index (χ0v) is 15.9. The van der Waals surface area contributed by atoms with Crippen LogP contribution in [0.15, 0.2) is 28.7 Å². The molecule has 23 heavy (non-hydrogen) atoms. The van der Waals surface area contributed by atoms with Crippen LogP contribution >= 0.6 is 28.3 Å². The quantitative estimate of drug-likeness (QED) is 0.552. The van der Waals surface area contributed by atoms with Crippen molar-refractivity contribution in [3.05, 3.63) is 34.3 Å². The third-order valence-electron chi connectivity index (χ3n) is 3.09. The number of nitrogens with one attached hydrogen (secondary N) is 3. The van der Waals surface area contributed by atoms with Crippen molar-refractivity contribution in [3.63, 3.8) is 0 Å². The van der Waals surface area contributed by atoms with Gasteiger partial charge in [-0.15, -0.1) is 12.4 Å². The van der Waals surface area contributed by atoms with Crippen molar-refractivity contribution < 1.29 is 9.59 Å². The van der Waals surface area contributed by atoms with Gasteiger partial charge in [-0.2, -0.15) is 0 Å². The van der Waals surface area contributed by atoms with E-state index in [1.54, 1.807) is 0 Å². The minimum atomic E-state index is -0.311. The first-order chi connectivity index (χ1) is 10.5. The largest absolute Gasteiger partial charge is 0.355 e. The Morgan fingerprint density at radius 3 is 2.35 bits per heavy atom. The van der Waals surface area contributed by atoms with Crippen molar-refractivity contribution in [3.8, 4) is 0 Å². The van der Waals surface area contributed by atoms with Crippen LogP contribution in [0.5, 0.6) is 0 Å². The molecular formula is C16H25BrClN3O2. The monoisotopic (exact) mass is 405 g/mol. The van der Waals surface area contributed by atoms with Gasteiger partial charge in [0, 0.05) is 24.5 Å². The van der Waals surface area contributed by atoms with Gasteiger partial charge in [0.1, 0.15) is 0 Å². The second kappa shape index (κ2) is 12.3. The second-order valence-electron chi connectivity index (χ2n) is 5.11. The summed E-state index contributed by atoms with van der Waals surface area (Å²) in [5, 5.41) is 8.92. The molecule has 0 heterocycles. The Kier molecular flexibility index (Phi) is 11.7. The maximum atomic E-state index is 12.0. The maximum Gasteiger partial charge on any atom is 0.222 e. The molecule has 1 rings (SSSR count). The molecule has 0 saturated carbocycles. The van der Waals surface area contributed by atoms with Crippen LogP contribution in [-0.4, -0.2) is 31.4 Å².